The van der Waals surface area contributed by atoms with Gasteiger partial charge in [-0.2, -0.15) is 4.31 Å². The van der Waals surface area contributed by atoms with E-state index in [0.29, 0.717) is 17.7 Å². The van der Waals surface area contributed by atoms with Crippen LogP contribution in [0.4, 0.5) is 0 Å². The molecule has 1 aliphatic heterocycles. The summed E-state index contributed by atoms with van der Waals surface area (Å²) in [5.74, 6) is 0.187. The van der Waals surface area contributed by atoms with Gasteiger partial charge in [-0.3, -0.25) is 4.79 Å². The number of carboxylic acids is 1. The lowest BCUT2D eigenvalue weighted by Crippen LogP contribution is -2.36. The van der Waals surface area contributed by atoms with Crippen molar-refractivity contribution in [1.82, 2.24) is 4.31 Å². The van der Waals surface area contributed by atoms with Crippen molar-refractivity contribution in [1.29, 1.82) is 0 Å². The quantitative estimate of drug-likeness (QED) is 0.485. The van der Waals surface area contributed by atoms with Crippen LogP contribution >= 0.6 is 0 Å². The number of benzene rings is 3. The van der Waals surface area contributed by atoms with Crippen molar-refractivity contribution in [2.45, 2.75) is 43.7 Å². The van der Waals surface area contributed by atoms with Crippen LogP contribution in [-0.4, -0.2) is 43.1 Å². The van der Waals surface area contributed by atoms with Crippen molar-refractivity contribution < 1.29 is 27.8 Å². The van der Waals surface area contributed by atoms with Crippen molar-refractivity contribution in [3.05, 3.63) is 77.9 Å². The molecule has 3 aromatic rings. The Labute approximate surface area is 206 Å². The van der Waals surface area contributed by atoms with Crippen molar-refractivity contribution in [3.63, 3.8) is 0 Å². The summed E-state index contributed by atoms with van der Waals surface area (Å²) in [5.41, 5.74) is 3.09. The molecule has 0 amide bonds. The molecule has 8 heteroatoms. The Balaban J connectivity index is 1.59. The molecular weight excluding hydrogens is 466 g/mol. The Morgan fingerprint density at radius 1 is 1.06 bits per heavy atom. The predicted molar refractivity (Wildman–Crippen MR) is 133 cm³/mol. The number of carboxylic acid groups (broad SMARTS) is 1. The maximum atomic E-state index is 13.5. The SMILES string of the molecule is COc1cccc(-c2ccc(CN(CC(=O)O)S(=O)(=O)c3ccc4c(c3)CCC(C)(C)O4)cc2)c1. The summed E-state index contributed by atoms with van der Waals surface area (Å²) in [6.07, 6.45) is 1.46. The molecule has 1 heterocycles. The lowest BCUT2D eigenvalue weighted by molar-refractivity contribution is -0.137. The molecule has 0 bridgehead atoms. The van der Waals surface area contributed by atoms with E-state index in [0.717, 1.165) is 33.2 Å². The van der Waals surface area contributed by atoms with Gasteiger partial charge in [-0.25, -0.2) is 8.42 Å². The standard InChI is InChI=1S/C27H29NO6S/c1-27(2)14-13-22-16-24(11-12-25(22)34-27)35(31,32)28(18-26(29)30)17-19-7-9-20(10-8-19)21-5-4-6-23(15-21)33-3/h4-12,15-16H,13-14,17-18H2,1-3H3,(H,29,30). The number of carbonyl (C=O) groups is 1. The number of hydrogen-bond donors (Lipinski definition) is 1. The Hall–Kier alpha value is -3.36. The van der Waals surface area contributed by atoms with Gasteiger partial charge in [0.05, 0.1) is 12.0 Å². The van der Waals surface area contributed by atoms with Crippen molar-refractivity contribution in [2.24, 2.45) is 0 Å². The van der Waals surface area contributed by atoms with E-state index in [9.17, 15) is 18.3 Å². The minimum atomic E-state index is -4.05. The highest BCUT2D eigenvalue weighted by Gasteiger charge is 2.31. The fourth-order valence-electron chi connectivity index (χ4n) is 4.13. The van der Waals surface area contributed by atoms with Gasteiger partial charge in [-0.05, 0) is 79.3 Å². The average molecular weight is 496 g/mol. The van der Waals surface area contributed by atoms with Gasteiger partial charge in [0.25, 0.3) is 0 Å². The summed E-state index contributed by atoms with van der Waals surface area (Å²) in [6, 6.07) is 19.7. The molecule has 0 saturated carbocycles. The highest BCUT2D eigenvalue weighted by atomic mass is 32.2. The third-order valence-corrected chi connectivity index (χ3v) is 7.87. The molecule has 0 aliphatic carbocycles. The van der Waals surface area contributed by atoms with Crippen LogP contribution in [0.2, 0.25) is 0 Å². The summed E-state index contributed by atoms with van der Waals surface area (Å²) in [5, 5.41) is 9.43. The molecule has 0 atom stereocenters. The van der Waals surface area contributed by atoms with Crippen LogP contribution in [0.1, 0.15) is 31.4 Å². The van der Waals surface area contributed by atoms with E-state index in [1.165, 1.54) is 6.07 Å². The zero-order valence-electron chi connectivity index (χ0n) is 20.0. The van der Waals surface area contributed by atoms with E-state index >= 15 is 0 Å². The second kappa shape index (κ2) is 9.71. The first kappa shape index (κ1) is 24.8. The molecule has 184 valence electrons. The summed E-state index contributed by atoms with van der Waals surface area (Å²) in [7, 11) is -2.44. The van der Waals surface area contributed by atoms with Gasteiger partial charge < -0.3 is 14.6 Å². The van der Waals surface area contributed by atoms with Gasteiger partial charge in [0.1, 0.15) is 23.6 Å². The average Bonchev–Trinajstić information content (AvgIpc) is 2.83. The Kier molecular flexibility index (Phi) is 6.87. The number of nitrogens with zero attached hydrogens (tertiary/aromatic N) is 1. The maximum absolute atomic E-state index is 13.5. The normalized spacial score (nSPS) is 14.7. The van der Waals surface area contributed by atoms with E-state index in [2.05, 4.69) is 0 Å². The molecule has 0 spiro atoms. The zero-order valence-corrected chi connectivity index (χ0v) is 20.8. The molecular formula is C27H29NO6S. The first-order valence-electron chi connectivity index (χ1n) is 11.3. The zero-order chi connectivity index (χ0) is 25.2. The third-order valence-electron chi connectivity index (χ3n) is 6.08. The van der Waals surface area contributed by atoms with Gasteiger partial charge in [0.2, 0.25) is 10.0 Å². The number of methoxy groups -OCH3 is 1. The van der Waals surface area contributed by atoms with E-state index < -0.39 is 22.5 Å². The maximum Gasteiger partial charge on any atom is 0.318 e. The number of fused-ring (bicyclic) bond motifs is 1. The molecule has 0 fully saturated rings. The minimum Gasteiger partial charge on any atom is -0.497 e. The topological polar surface area (TPSA) is 93.1 Å². The van der Waals surface area contributed by atoms with Crippen molar-refractivity contribution in [2.75, 3.05) is 13.7 Å². The minimum absolute atomic E-state index is 0.0619. The van der Waals surface area contributed by atoms with E-state index in [4.69, 9.17) is 9.47 Å². The molecule has 0 saturated heterocycles. The van der Waals surface area contributed by atoms with Crippen LogP contribution in [0, 0.1) is 0 Å². The molecule has 0 unspecified atom stereocenters. The number of rotatable bonds is 8. The smallest absolute Gasteiger partial charge is 0.318 e. The number of aliphatic carboxylic acids is 1. The number of aryl methyl sites for hydroxylation is 1. The molecule has 35 heavy (non-hydrogen) atoms. The van der Waals surface area contributed by atoms with E-state index in [-0.39, 0.29) is 17.0 Å². The monoisotopic (exact) mass is 495 g/mol. The summed E-state index contributed by atoms with van der Waals surface area (Å²) < 4.78 is 39.1. The molecule has 7 nitrogen and oxygen atoms in total. The van der Waals surface area contributed by atoms with Crippen LogP contribution in [-0.2, 0) is 27.8 Å². The van der Waals surface area contributed by atoms with Gasteiger partial charge >= 0.3 is 5.97 Å². The fourth-order valence-corrected chi connectivity index (χ4v) is 5.56. The molecule has 3 aromatic carbocycles. The Morgan fingerprint density at radius 2 is 1.80 bits per heavy atom. The lowest BCUT2D eigenvalue weighted by Gasteiger charge is -2.33. The first-order valence-corrected chi connectivity index (χ1v) is 12.8. The van der Waals surface area contributed by atoms with Crippen molar-refractivity contribution in [3.8, 4) is 22.6 Å². The van der Waals surface area contributed by atoms with Crippen LogP contribution in [0.25, 0.3) is 11.1 Å². The molecule has 4 rings (SSSR count). The lowest BCUT2D eigenvalue weighted by atomic mass is 9.94. The van der Waals surface area contributed by atoms with Gasteiger partial charge in [-0.1, -0.05) is 36.4 Å². The third kappa shape index (κ3) is 5.66. The van der Waals surface area contributed by atoms with E-state index in [1.807, 2.05) is 62.4 Å². The van der Waals surface area contributed by atoms with Crippen molar-refractivity contribution >= 4 is 16.0 Å². The molecule has 1 N–H and O–H groups in total. The predicted octanol–water partition coefficient (Wildman–Crippen LogP) is 4.74. The first-order chi connectivity index (χ1) is 16.6. The number of hydrogen-bond acceptors (Lipinski definition) is 5. The molecule has 0 radical (unpaired) electrons. The molecule has 1 aliphatic rings. The van der Waals surface area contributed by atoms with Gasteiger partial charge in [0.15, 0.2) is 0 Å². The van der Waals surface area contributed by atoms with Crippen LogP contribution in [0.15, 0.2) is 71.6 Å². The summed E-state index contributed by atoms with van der Waals surface area (Å²) in [6.45, 7) is 3.29. The highest BCUT2D eigenvalue weighted by molar-refractivity contribution is 7.89. The van der Waals surface area contributed by atoms with Crippen LogP contribution in [0.3, 0.4) is 0 Å². The number of sulfonamides is 1. The Morgan fingerprint density at radius 3 is 2.49 bits per heavy atom. The largest absolute Gasteiger partial charge is 0.497 e. The van der Waals surface area contributed by atoms with Gasteiger partial charge in [-0.15, -0.1) is 0 Å². The Bertz CT molecular complexity index is 1330. The van der Waals surface area contributed by atoms with E-state index in [1.54, 1.807) is 19.2 Å². The molecule has 0 aromatic heterocycles. The second-order valence-corrected chi connectivity index (χ2v) is 11.2. The van der Waals surface area contributed by atoms with Gasteiger partial charge in [0, 0.05) is 6.54 Å². The fraction of sp³-hybridized carbons (Fsp3) is 0.296. The number of ether oxygens (including phenoxy) is 2. The summed E-state index contributed by atoms with van der Waals surface area (Å²) >= 11 is 0. The van der Waals surface area contributed by atoms with Crippen LogP contribution < -0.4 is 9.47 Å². The highest BCUT2D eigenvalue weighted by Crippen LogP contribution is 2.35. The second-order valence-electron chi connectivity index (χ2n) is 9.23. The van der Waals surface area contributed by atoms with Crippen LogP contribution in [0.5, 0.6) is 11.5 Å². The summed E-state index contributed by atoms with van der Waals surface area (Å²) in [4.78, 5) is 11.6.